The summed E-state index contributed by atoms with van der Waals surface area (Å²) in [6.07, 6.45) is -1.42. The van der Waals surface area contributed by atoms with Gasteiger partial charge in [-0.15, -0.1) is 0 Å². The third kappa shape index (κ3) is 3.67. The van der Waals surface area contributed by atoms with Crippen molar-refractivity contribution in [3.8, 4) is 0 Å². The molecule has 1 nitrogen and oxygen atoms in total. The molecule has 0 aromatic rings. The largest absolute Gasteiger partial charge is 0.393 e. The lowest BCUT2D eigenvalue weighted by Gasteiger charge is -2.32. The molecule has 1 unspecified atom stereocenters. The number of halogens is 3. The number of aliphatic hydroxyl groups excluding tert-OH is 1. The summed E-state index contributed by atoms with van der Waals surface area (Å²) in [4.78, 5) is 0. The van der Waals surface area contributed by atoms with Crippen molar-refractivity contribution >= 4 is 0 Å². The summed E-state index contributed by atoms with van der Waals surface area (Å²) < 4.78 is 37.1. The Morgan fingerprint density at radius 2 is 1.73 bits per heavy atom. The van der Waals surface area contributed by atoms with Gasteiger partial charge in [-0.25, -0.2) is 0 Å². The number of aliphatic hydroxyl groups is 1. The van der Waals surface area contributed by atoms with Crippen LogP contribution in [-0.2, 0) is 0 Å². The Balaban J connectivity index is 2.36. The highest BCUT2D eigenvalue weighted by atomic mass is 19.4. The van der Waals surface area contributed by atoms with E-state index in [0.717, 1.165) is 6.42 Å². The van der Waals surface area contributed by atoms with Crippen LogP contribution in [0.5, 0.6) is 0 Å². The topological polar surface area (TPSA) is 20.2 Å². The van der Waals surface area contributed by atoms with Gasteiger partial charge in [-0.05, 0) is 38.0 Å². The van der Waals surface area contributed by atoms with E-state index in [9.17, 15) is 18.3 Å². The maximum atomic E-state index is 12.4. The molecule has 0 heterocycles. The smallest absolute Gasteiger partial charge is 0.391 e. The lowest BCUT2D eigenvalue weighted by Crippen LogP contribution is -2.31. The molecule has 1 aliphatic rings. The van der Waals surface area contributed by atoms with E-state index in [-0.39, 0.29) is 18.8 Å². The summed E-state index contributed by atoms with van der Waals surface area (Å²) in [5.74, 6) is -1.05. The van der Waals surface area contributed by atoms with Crippen molar-refractivity contribution in [2.45, 2.75) is 57.7 Å². The molecule has 0 saturated heterocycles. The number of hydrogen-bond acceptors (Lipinski definition) is 1. The van der Waals surface area contributed by atoms with E-state index in [1.165, 1.54) is 0 Å². The first-order valence-corrected chi connectivity index (χ1v) is 5.70. The number of alkyl halides is 3. The molecule has 0 aromatic heterocycles. The maximum Gasteiger partial charge on any atom is 0.391 e. The highest BCUT2D eigenvalue weighted by Crippen LogP contribution is 2.40. The van der Waals surface area contributed by atoms with Crippen molar-refractivity contribution in [1.29, 1.82) is 0 Å². The Labute approximate surface area is 88.7 Å². The molecule has 0 spiro atoms. The van der Waals surface area contributed by atoms with E-state index >= 15 is 0 Å². The van der Waals surface area contributed by atoms with Gasteiger partial charge in [0.1, 0.15) is 0 Å². The monoisotopic (exact) mass is 224 g/mol. The van der Waals surface area contributed by atoms with Gasteiger partial charge in [0.15, 0.2) is 0 Å². The third-order valence-corrected chi connectivity index (χ3v) is 3.36. The first-order chi connectivity index (χ1) is 6.95. The summed E-state index contributed by atoms with van der Waals surface area (Å²) in [5, 5.41) is 9.68. The molecular weight excluding hydrogens is 205 g/mol. The standard InChI is InChI=1S/C11H19F3O/c1-2-3-10(15)8-4-6-9(7-5-8)11(12,13)14/h8-10,15H,2-7H2,1H3. The van der Waals surface area contributed by atoms with Gasteiger partial charge in [0.05, 0.1) is 12.0 Å². The highest BCUT2D eigenvalue weighted by Gasteiger charge is 2.42. The molecule has 0 bridgehead atoms. The average Bonchev–Trinajstić information content (AvgIpc) is 2.17. The van der Waals surface area contributed by atoms with Crippen molar-refractivity contribution in [2.24, 2.45) is 11.8 Å². The van der Waals surface area contributed by atoms with Gasteiger partial charge >= 0.3 is 6.18 Å². The predicted molar refractivity (Wildman–Crippen MR) is 52.4 cm³/mol. The Morgan fingerprint density at radius 3 is 2.13 bits per heavy atom. The van der Waals surface area contributed by atoms with Gasteiger partial charge in [0, 0.05) is 0 Å². The fourth-order valence-electron chi connectivity index (χ4n) is 2.36. The zero-order chi connectivity index (χ0) is 11.5. The van der Waals surface area contributed by atoms with Gasteiger partial charge in [-0.1, -0.05) is 13.3 Å². The molecule has 90 valence electrons. The average molecular weight is 224 g/mol. The molecule has 0 aromatic carbocycles. The van der Waals surface area contributed by atoms with Crippen LogP contribution in [0, 0.1) is 11.8 Å². The van der Waals surface area contributed by atoms with E-state index in [4.69, 9.17) is 0 Å². The normalized spacial score (nSPS) is 30.2. The minimum absolute atomic E-state index is 0.0866. The molecule has 1 saturated carbocycles. The fourth-order valence-corrected chi connectivity index (χ4v) is 2.36. The van der Waals surface area contributed by atoms with Crippen LogP contribution >= 0.6 is 0 Å². The van der Waals surface area contributed by atoms with Crippen LogP contribution in [0.1, 0.15) is 45.4 Å². The van der Waals surface area contributed by atoms with E-state index in [0.29, 0.717) is 19.3 Å². The van der Waals surface area contributed by atoms with Gasteiger partial charge in [-0.2, -0.15) is 13.2 Å². The van der Waals surface area contributed by atoms with Crippen molar-refractivity contribution in [3.63, 3.8) is 0 Å². The minimum atomic E-state index is -4.04. The fraction of sp³-hybridized carbons (Fsp3) is 1.00. The first kappa shape index (κ1) is 12.8. The van der Waals surface area contributed by atoms with Crippen LogP contribution in [0.15, 0.2) is 0 Å². The molecule has 0 radical (unpaired) electrons. The molecule has 4 heteroatoms. The molecule has 0 aliphatic heterocycles. The van der Waals surface area contributed by atoms with Crippen molar-refractivity contribution in [2.75, 3.05) is 0 Å². The SMILES string of the molecule is CCCC(O)C1CCC(C(F)(F)F)CC1. The molecular formula is C11H19F3O. The Morgan fingerprint density at radius 1 is 1.20 bits per heavy atom. The number of rotatable bonds is 3. The van der Waals surface area contributed by atoms with E-state index < -0.39 is 18.2 Å². The van der Waals surface area contributed by atoms with Crippen LogP contribution < -0.4 is 0 Å². The lowest BCUT2D eigenvalue weighted by atomic mass is 9.78. The van der Waals surface area contributed by atoms with E-state index in [2.05, 4.69) is 0 Å². The van der Waals surface area contributed by atoms with Crippen LogP contribution in [0.3, 0.4) is 0 Å². The number of hydrogen-bond donors (Lipinski definition) is 1. The van der Waals surface area contributed by atoms with Gasteiger partial charge in [0.2, 0.25) is 0 Å². The summed E-state index contributed by atoms with van der Waals surface area (Å²) >= 11 is 0. The van der Waals surface area contributed by atoms with Gasteiger partial charge in [-0.3, -0.25) is 0 Å². The van der Waals surface area contributed by atoms with Crippen LogP contribution in [0.4, 0.5) is 13.2 Å². The molecule has 1 atom stereocenters. The van der Waals surface area contributed by atoms with Crippen molar-refractivity contribution < 1.29 is 18.3 Å². The quantitative estimate of drug-likeness (QED) is 0.777. The molecule has 0 amide bonds. The Hall–Kier alpha value is -0.250. The van der Waals surface area contributed by atoms with Crippen LogP contribution in [0.2, 0.25) is 0 Å². The van der Waals surface area contributed by atoms with Crippen LogP contribution in [0.25, 0.3) is 0 Å². The third-order valence-electron chi connectivity index (χ3n) is 3.36. The minimum Gasteiger partial charge on any atom is -0.393 e. The molecule has 1 rings (SSSR count). The molecule has 1 aliphatic carbocycles. The zero-order valence-corrected chi connectivity index (χ0v) is 9.06. The summed E-state index contributed by atoms with van der Waals surface area (Å²) in [6.45, 7) is 1.98. The Bertz CT molecular complexity index is 183. The predicted octanol–water partition coefficient (Wildman–Crippen LogP) is 3.52. The highest BCUT2D eigenvalue weighted by molar-refractivity contribution is 4.80. The second-order valence-corrected chi connectivity index (χ2v) is 4.51. The lowest BCUT2D eigenvalue weighted by molar-refractivity contribution is -0.185. The summed E-state index contributed by atoms with van der Waals surface area (Å²) in [7, 11) is 0. The summed E-state index contributed by atoms with van der Waals surface area (Å²) in [5.41, 5.74) is 0. The van der Waals surface area contributed by atoms with E-state index in [1.54, 1.807) is 0 Å². The van der Waals surface area contributed by atoms with Gasteiger partial charge < -0.3 is 5.11 Å². The summed E-state index contributed by atoms with van der Waals surface area (Å²) in [6, 6.07) is 0. The molecule has 1 fully saturated rings. The van der Waals surface area contributed by atoms with Crippen LogP contribution in [-0.4, -0.2) is 17.4 Å². The van der Waals surface area contributed by atoms with Crippen molar-refractivity contribution in [1.82, 2.24) is 0 Å². The Kier molecular flexibility index (Phi) is 4.44. The first-order valence-electron chi connectivity index (χ1n) is 5.70. The second-order valence-electron chi connectivity index (χ2n) is 4.51. The van der Waals surface area contributed by atoms with Crippen molar-refractivity contribution in [3.05, 3.63) is 0 Å². The maximum absolute atomic E-state index is 12.4. The molecule has 1 N–H and O–H groups in total. The molecule has 15 heavy (non-hydrogen) atoms. The van der Waals surface area contributed by atoms with Gasteiger partial charge in [0.25, 0.3) is 0 Å². The second kappa shape index (κ2) is 5.19. The van der Waals surface area contributed by atoms with E-state index in [1.807, 2.05) is 6.92 Å². The zero-order valence-electron chi connectivity index (χ0n) is 9.06.